The second kappa shape index (κ2) is 10.2. The Labute approximate surface area is 216 Å². The number of alkyl halides is 3. The van der Waals surface area contributed by atoms with E-state index in [-0.39, 0.29) is 40.2 Å². The molecule has 2 aliphatic rings. The quantitative estimate of drug-likeness (QED) is 0.469. The van der Waals surface area contributed by atoms with E-state index in [2.05, 4.69) is 15.5 Å². The lowest BCUT2D eigenvalue weighted by atomic mass is 9.92. The number of fused-ring (bicyclic) bond motifs is 2. The zero-order chi connectivity index (χ0) is 27.2. The summed E-state index contributed by atoms with van der Waals surface area (Å²) < 4.78 is 81.0. The summed E-state index contributed by atoms with van der Waals surface area (Å²) in [5, 5.41) is 7.13. The molecule has 0 aliphatic carbocycles. The van der Waals surface area contributed by atoms with Crippen LogP contribution in [0.5, 0.6) is 0 Å². The average molecular weight is 545 g/mol. The van der Waals surface area contributed by atoms with Gasteiger partial charge in [0.05, 0.1) is 16.9 Å². The van der Waals surface area contributed by atoms with Gasteiger partial charge in [-0.3, -0.25) is 0 Å². The van der Waals surface area contributed by atoms with Gasteiger partial charge >= 0.3 is 6.18 Å². The van der Waals surface area contributed by atoms with Gasteiger partial charge in [0.25, 0.3) is 0 Å². The Morgan fingerprint density at radius 1 is 1.19 bits per heavy atom. The maximum Gasteiger partial charge on any atom is 0.416 e. The molecule has 0 saturated carbocycles. The monoisotopic (exact) mass is 544 g/mol. The molecule has 1 N–H and O–H groups in total. The summed E-state index contributed by atoms with van der Waals surface area (Å²) in [7, 11) is -4.23. The Kier molecular flexibility index (Phi) is 7.66. The van der Waals surface area contributed by atoms with Crippen molar-refractivity contribution in [3.8, 4) is 0 Å². The summed E-state index contributed by atoms with van der Waals surface area (Å²) in [5.41, 5.74) is -1.16. The fraction of sp³-hybridized carbons (Fsp3) is 0.680. The van der Waals surface area contributed by atoms with Gasteiger partial charge < -0.3 is 14.6 Å². The molecular weight excluding hydrogens is 509 g/mol. The molecule has 37 heavy (non-hydrogen) atoms. The van der Waals surface area contributed by atoms with E-state index in [4.69, 9.17) is 9.26 Å². The van der Waals surface area contributed by atoms with Crippen LogP contribution in [0, 0.1) is 6.92 Å². The molecule has 8 nitrogen and oxygen atoms in total. The predicted molar refractivity (Wildman–Crippen MR) is 132 cm³/mol. The molecule has 4 rings (SSSR count). The van der Waals surface area contributed by atoms with Crippen LogP contribution >= 0.6 is 0 Å². The Bertz CT molecular complexity index is 1200. The molecule has 0 radical (unpaired) electrons. The third-order valence-corrected chi connectivity index (χ3v) is 8.97. The van der Waals surface area contributed by atoms with Crippen molar-refractivity contribution in [2.45, 2.75) is 107 Å². The van der Waals surface area contributed by atoms with E-state index in [1.807, 2.05) is 27.7 Å². The van der Waals surface area contributed by atoms with Gasteiger partial charge in [0.1, 0.15) is 4.90 Å². The number of benzene rings is 1. The van der Waals surface area contributed by atoms with Crippen molar-refractivity contribution in [3.63, 3.8) is 0 Å². The summed E-state index contributed by atoms with van der Waals surface area (Å²) in [6.07, 6.45) is -1.84. The standard InChI is InChI=1S/C25H35F3N4O4S/c1-15(10-11-35-24(3,4)5)29-21-9-6-18(25(26,27)28)14-22(21)37(33,34)32-19-7-8-20(32)13-17(12-19)23-30-16(2)36-31-23/h6,9,14-15,17,19-20,29H,7-8,10-13H2,1-5H3/t15-,17?,19?,20?/m0/s1. The highest BCUT2D eigenvalue weighted by molar-refractivity contribution is 7.89. The van der Waals surface area contributed by atoms with Crippen molar-refractivity contribution in [1.29, 1.82) is 0 Å². The Morgan fingerprint density at radius 2 is 1.84 bits per heavy atom. The molecule has 2 saturated heterocycles. The first-order valence-corrected chi connectivity index (χ1v) is 14.0. The Hall–Kier alpha value is -2.18. The van der Waals surface area contributed by atoms with Gasteiger partial charge in [0.2, 0.25) is 15.9 Å². The van der Waals surface area contributed by atoms with Gasteiger partial charge in [-0.05, 0) is 78.0 Å². The van der Waals surface area contributed by atoms with E-state index in [0.717, 1.165) is 12.1 Å². The SMILES string of the molecule is Cc1nc(C2CC3CCC(C2)N3S(=O)(=O)c2cc(C(F)(F)F)ccc2N[C@@H](C)CCOC(C)(C)C)no1. The number of aryl methyl sites for hydroxylation is 1. The van der Waals surface area contributed by atoms with Gasteiger partial charge in [-0.2, -0.15) is 22.5 Å². The zero-order valence-corrected chi connectivity index (χ0v) is 22.6. The molecule has 0 spiro atoms. The van der Waals surface area contributed by atoms with Crippen LogP contribution in [0.2, 0.25) is 0 Å². The molecule has 1 aromatic heterocycles. The molecule has 2 unspecified atom stereocenters. The minimum atomic E-state index is -4.67. The Morgan fingerprint density at radius 3 is 2.38 bits per heavy atom. The molecule has 2 fully saturated rings. The van der Waals surface area contributed by atoms with E-state index in [1.165, 1.54) is 10.4 Å². The zero-order valence-electron chi connectivity index (χ0n) is 21.8. The third-order valence-electron chi connectivity index (χ3n) is 6.93. The highest BCUT2D eigenvalue weighted by Gasteiger charge is 2.49. The molecule has 2 aromatic rings. The first-order chi connectivity index (χ1) is 17.1. The normalized spacial score (nSPS) is 23.8. The van der Waals surface area contributed by atoms with E-state index in [9.17, 15) is 21.6 Å². The van der Waals surface area contributed by atoms with Crippen molar-refractivity contribution in [1.82, 2.24) is 14.4 Å². The first-order valence-electron chi connectivity index (χ1n) is 12.6. The molecular formula is C25H35F3N4O4S. The third kappa shape index (κ3) is 6.28. The number of halogens is 3. The number of anilines is 1. The number of hydrogen-bond acceptors (Lipinski definition) is 7. The lowest BCUT2D eigenvalue weighted by molar-refractivity contribution is -0.137. The van der Waals surface area contributed by atoms with Crippen LogP contribution in [0.1, 0.15) is 83.0 Å². The number of nitrogens with one attached hydrogen (secondary N) is 1. The molecule has 206 valence electrons. The molecule has 2 bridgehead atoms. The molecule has 0 amide bonds. The average Bonchev–Trinajstić information content (AvgIpc) is 3.33. The lowest BCUT2D eigenvalue weighted by Crippen LogP contribution is -2.46. The number of nitrogens with zero attached hydrogens (tertiary/aromatic N) is 3. The maximum atomic E-state index is 14.0. The highest BCUT2D eigenvalue weighted by Crippen LogP contribution is 2.46. The largest absolute Gasteiger partial charge is 0.416 e. The fourth-order valence-corrected chi connectivity index (χ4v) is 7.32. The van der Waals surface area contributed by atoms with Crippen molar-refractivity contribution in [2.75, 3.05) is 11.9 Å². The van der Waals surface area contributed by atoms with Gasteiger partial charge in [0, 0.05) is 37.6 Å². The van der Waals surface area contributed by atoms with Gasteiger partial charge in [-0.25, -0.2) is 8.42 Å². The van der Waals surface area contributed by atoms with Crippen molar-refractivity contribution in [3.05, 3.63) is 35.5 Å². The minimum Gasteiger partial charge on any atom is -0.381 e. The predicted octanol–water partition coefficient (Wildman–Crippen LogP) is 5.50. The smallest absolute Gasteiger partial charge is 0.381 e. The van der Waals surface area contributed by atoms with Gasteiger partial charge in [0.15, 0.2) is 5.82 Å². The molecule has 3 heterocycles. The number of ether oxygens (including phenoxy) is 1. The molecule has 12 heteroatoms. The van der Waals surface area contributed by atoms with Gasteiger partial charge in [-0.1, -0.05) is 5.16 Å². The minimum absolute atomic E-state index is 0.0525. The summed E-state index contributed by atoms with van der Waals surface area (Å²) in [6, 6.07) is 1.98. The maximum absolute atomic E-state index is 14.0. The number of sulfonamides is 1. The fourth-order valence-electron chi connectivity index (χ4n) is 5.24. The van der Waals surface area contributed by atoms with Crippen LogP contribution in [-0.4, -0.2) is 53.2 Å². The number of piperidine rings is 1. The lowest BCUT2D eigenvalue weighted by Gasteiger charge is -2.37. The van der Waals surface area contributed by atoms with Crippen LogP contribution in [0.3, 0.4) is 0 Å². The second-order valence-corrected chi connectivity index (χ2v) is 12.9. The van der Waals surface area contributed by atoms with Crippen LogP contribution < -0.4 is 5.32 Å². The first kappa shape index (κ1) is 27.8. The highest BCUT2D eigenvalue weighted by atomic mass is 32.2. The summed E-state index contributed by atoms with van der Waals surface area (Å²) >= 11 is 0. The van der Waals surface area contributed by atoms with Crippen LogP contribution in [0.25, 0.3) is 0 Å². The van der Waals surface area contributed by atoms with Crippen LogP contribution in [0.4, 0.5) is 18.9 Å². The van der Waals surface area contributed by atoms with Crippen LogP contribution in [-0.2, 0) is 20.9 Å². The van der Waals surface area contributed by atoms with E-state index in [1.54, 1.807) is 6.92 Å². The summed E-state index contributed by atoms with van der Waals surface area (Å²) in [5.74, 6) is 0.946. The number of aromatic nitrogens is 2. The molecule has 2 aliphatic heterocycles. The van der Waals surface area contributed by atoms with E-state index < -0.39 is 21.8 Å². The van der Waals surface area contributed by atoms with Crippen LogP contribution in [0.15, 0.2) is 27.6 Å². The summed E-state index contributed by atoms with van der Waals surface area (Å²) in [6.45, 7) is 9.77. The molecule has 1 aromatic carbocycles. The number of rotatable bonds is 8. The van der Waals surface area contributed by atoms with Crippen molar-refractivity contribution >= 4 is 15.7 Å². The second-order valence-electron chi connectivity index (χ2n) is 11.1. The Balaban J connectivity index is 1.61. The topological polar surface area (TPSA) is 97.6 Å². The van der Waals surface area contributed by atoms with E-state index >= 15 is 0 Å². The van der Waals surface area contributed by atoms with E-state index in [0.29, 0.717) is 50.4 Å². The summed E-state index contributed by atoms with van der Waals surface area (Å²) in [4.78, 5) is 3.96. The number of hydrogen-bond donors (Lipinski definition) is 1. The molecule has 3 atom stereocenters. The van der Waals surface area contributed by atoms with Crippen molar-refractivity contribution in [2.24, 2.45) is 0 Å². The van der Waals surface area contributed by atoms with Gasteiger partial charge in [-0.15, -0.1) is 0 Å². The van der Waals surface area contributed by atoms with Crippen molar-refractivity contribution < 1.29 is 30.8 Å².